The predicted octanol–water partition coefficient (Wildman–Crippen LogP) is 6.21. The Morgan fingerprint density at radius 2 is 1.80 bits per heavy atom. The average Bonchev–Trinajstić information content (AvgIpc) is 3.51. The zero-order valence-electron chi connectivity index (χ0n) is 16.2. The molecule has 0 unspecified atom stereocenters. The molecule has 0 fully saturated rings. The van der Waals surface area contributed by atoms with Gasteiger partial charge < -0.3 is 4.98 Å². The van der Waals surface area contributed by atoms with E-state index in [0.29, 0.717) is 0 Å². The summed E-state index contributed by atoms with van der Waals surface area (Å²) < 4.78 is 0. The molecular formula is C24H17N5S. The van der Waals surface area contributed by atoms with Crippen LogP contribution < -0.4 is 0 Å². The van der Waals surface area contributed by atoms with Gasteiger partial charge in [0.15, 0.2) is 0 Å². The molecule has 0 amide bonds. The van der Waals surface area contributed by atoms with E-state index in [-0.39, 0.29) is 0 Å². The minimum atomic E-state index is 0.837. The second-order valence-corrected chi connectivity index (χ2v) is 8.28. The third-order valence-corrected chi connectivity index (χ3v) is 6.23. The molecule has 144 valence electrons. The molecular weight excluding hydrogens is 390 g/mol. The number of H-pyrrole nitrogens is 2. The Labute approximate surface area is 176 Å². The number of benzene rings is 1. The Bertz CT molecular complexity index is 1510. The SMILES string of the molecule is Cc1ccnc(-c2cc3c(-c4cc5c(-c6cccs6)cccc5[nH]4)n[nH]c3cn2)c1. The van der Waals surface area contributed by atoms with Crippen molar-refractivity contribution in [2.24, 2.45) is 0 Å². The molecule has 0 spiro atoms. The lowest BCUT2D eigenvalue weighted by Gasteiger charge is -2.02. The molecule has 5 nitrogen and oxygen atoms in total. The van der Waals surface area contributed by atoms with Crippen molar-refractivity contribution < 1.29 is 0 Å². The maximum atomic E-state index is 4.59. The lowest BCUT2D eigenvalue weighted by atomic mass is 10.1. The number of fused-ring (bicyclic) bond motifs is 2. The van der Waals surface area contributed by atoms with Gasteiger partial charge in [0.1, 0.15) is 5.69 Å². The van der Waals surface area contributed by atoms with Gasteiger partial charge in [-0.3, -0.25) is 15.1 Å². The molecule has 2 N–H and O–H groups in total. The molecule has 5 heterocycles. The van der Waals surface area contributed by atoms with E-state index in [4.69, 9.17) is 0 Å². The molecule has 0 aliphatic carbocycles. The highest BCUT2D eigenvalue weighted by atomic mass is 32.1. The third kappa shape index (κ3) is 2.73. The summed E-state index contributed by atoms with van der Waals surface area (Å²) in [7, 11) is 0. The van der Waals surface area contributed by atoms with Crippen LogP contribution in [0.2, 0.25) is 0 Å². The van der Waals surface area contributed by atoms with Crippen LogP contribution in [0.25, 0.3) is 55.0 Å². The molecule has 30 heavy (non-hydrogen) atoms. The van der Waals surface area contributed by atoms with E-state index in [9.17, 15) is 0 Å². The molecule has 6 heteroatoms. The van der Waals surface area contributed by atoms with Crippen molar-refractivity contribution in [3.05, 3.63) is 77.9 Å². The Morgan fingerprint density at radius 3 is 2.67 bits per heavy atom. The standard InChI is InChI=1S/C24H17N5S/c1-14-7-8-25-19(10-14)20-12-17-22(13-26-20)28-29-24(17)21-11-16-15(23-6-3-9-30-23)4-2-5-18(16)27-21/h2-13,27H,1H3,(H,28,29). The Kier molecular flexibility index (Phi) is 3.79. The third-order valence-electron chi connectivity index (χ3n) is 5.33. The van der Waals surface area contributed by atoms with E-state index in [1.165, 1.54) is 15.8 Å². The van der Waals surface area contributed by atoms with Gasteiger partial charge in [0.2, 0.25) is 0 Å². The number of aryl methyl sites for hydroxylation is 1. The van der Waals surface area contributed by atoms with Crippen molar-refractivity contribution in [3.63, 3.8) is 0 Å². The minimum absolute atomic E-state index is 0.837. The van der Waals surface area contributed by atoms with Crippen LogP contribution in [0.15, 0.2) is 72.4 Å². The lowest BCUT2D eigenvalue weighted by molar-refractivity contribution is 1.11. The first-order chi connectivity index (χ1) is 14.8. The first-order valence-electron chi connectivity index (χ1n) is 9.69. The van der Waals surface area contributed by atoms with Crippen molar-refractivity contribution in [2.45, 2.75) is 6.92 Å². The average molecular weight is 408 g/mol. The van der Waals surface area contributed by atoms with Gasteiger partial charge in [-0.05, 0) is 54.3 Å². The topological polar surface area (TPSA) is 70.2 Å². The number of aromatic nitrogens is 5. The molecule has 0 saturated heterocycles. The summed E-state index contributed by atoms with van der Waals surface area (Å²) in [5, 5.41) is 12.0. The largest absolute Gasteiger partial charge is 0.353 e. The van der Waals surface area contributed by atoms with Crippen molar-refractivity contribution in [2.75, 3.05) is 0 Å². The fourth-order valence-electron chi connectivity index (χ4n) is 3.87. The van der Waals surface area contributed by atoms with Gasteiger partial charge in [0.25, 0.3) is 0 Å². The number of hydrogen-bond donors (Lipinski definition) is 2. The zero-order chi connectivity index (χ0) is 20.1. The Balaban J connectivity index is 1.52. The van der Waals surface area contributed by atoms with Crippen LogP contribution in [0.1, 0.15) is 5.56 Å². The Morgan fingerprint density at radius 1 is 0.867 bits per heavy atom. The summed E-state index contributed by atoms with van der Waals surface area (Å²) in [6.45, 7) is 2.06. The number of nitrogens with zero attached hydrogens (tertiary/aromatic N) is 3. The molecule has 1 aromatic carbocycles. The minimum Gasteiger partial charge on any atom is -0.353 e. The molecule has 0 bridgehead atoms. The summed E-state index contributed by atoms with van der Waals surface area (Å²) >= 11 is 1.75. The number of thiophene rings is 1. The molecule has 0 radical (unpaired) electrons. The number of pyridine rings is 2. The van der Waals surface area contributed by atoms with Crippen molar-refractivity contribution in [1.82, 2.24) is 25.1 Å². The predicted molar refractivity (Wildman–Crippen MR) is 122 cm³/mol. The summed E-state index contributed by atoms with van der Waals surface area (Å²) in [5.74, 6) is 0. The number of nitrogens with one attached hydrogen (secondary N) is 2. The molecule has 6 aromatic rings. The normalized spacial score (nSPS) is 11.5. The maximum absolute atomic E-state index is 4.59. The van der Waals surface area contributed by atoms with Crippen LogP contribution in [-0.2, 0) is 0 Å². The van der Waals surface area contributed by atoms with Crippen molar-refractivity contribution >= 4 is 33.1 Å². The highest BCUT2D eigenvalue weighted by Gasteiger charge is 2.15. The summed E-state index contributed by atoms with van der Waals surface area (Å²) in [4.78, 5) is 13.9. The van der Waals surface area contributed by atoms with Crippen LogP contribution in [0, 0.1) is 6.92 Å². The van der Waals surface area contributed by atoms with E-state index in [1.807, 2.05) is 24.5 Å². The van der Waals surface area contributed by atoms with Gasteiger partial charge >= 0.3 is 0 Å². The highest BCUT2D eigenvalue weighted by molar-refractivity contribution is 7.13. The maximum Gasteiger partial charge on any atom is 0.116 e. The smallest absolute Gasteiger partial charge is 0.116 e. The van der Waals surface area contributed by atoms with Gasteiger partial charge in [-0.2, -0.15) is 5.10 Å². The second kappa shape index (κ2) is 6.64. The van der Waals surface area contributed by atoms with E-state index in [2.05, 4.69) is 79.9 Å². The van der Waals surface area contributed by atoms with E-state index < -0.39 is 0 Å². The van der Waals surface area contributed by atoms with Crippen LogP contribution in [0.4, 0.5) is 0 Å². The first kappa shape index (κ1) is 17.1. The molecule has 6 rings (SSSR count). The fourth-order valence-corrected chi connectivity index (χ4v) is 4.63. The molecule has 0 atom stereocenters. The van der Waals surface area contributed by atoms with Crippen LogP contribution in [-0.4, -0.2) is 25.1 Å². The first-order valence-corrected chi connectivity index (χ1v) is 10.6. The molecule has 0 saturated carbocycles. The van der Waals surface area contributed by atoms with Gasteiger partial charge in [-0.1, -0.05) is 18.2 Å². The van der Waals surface area contributed by atoms with E-state index in [0.717, 1.165) is 44.8 Å². The number of aromatic amines is 2. The van der Waals surface area contributed by atoms with Crippen molar-refractivity contribution in [3.8, 4) is 33.2 Å². The second-order valence-electron chi connectivity index (χ2n) is 7.33. The van der Waals surface area contributed by atoms with Crippen LogP contribution >= 0.6 is 11.3 Å². The summed E-state index contributed by atoms with van der Waals surface area (Å²) in [6.07, 6.45) is 3.64. The fraction of sp³-hybridized carbons (Fsp3) is 0.0417. The quantitative estimate of drug-likeness (QED) is 0.367. The number of hydrogen-bond acceptors (Lipinski definition) is 4. The monoisotopic (exact) mass is 407 g/mol. The molecule has 0 aliphatic heterocycles. The van der Waals surface area contributed by atoms with Gasteiger partial charge in [-0.25, -0.2) is 0 Å². The van der Waals surface area contributed by atoms with Crippen LogP contribution in [0.5, 0.6) is 0 Å². The zero-order valence-corrected chi connectivity index (χ0v) is 17.0. The van der Waals surface area contributed by atoms with Gasteiger partial charge in [0.05, 0.1) is 28.8 Å². The Hall–Kier alpha value is -3.77. The lowest BCUT2D eigenvalue weighted by Crippen LogP contribution is -1.88. The highest BCUT2D eigenvalue weighted by Crippen LogP contribution is 2.36. The van der Waals surface area contributed by atoms with E-state index >= 15 is 0 Å². The molecule has 5 aromatic heterocycles. The van der Waals surface area contributed by atoms with Gasteiger partial charge in [-0.15, -0.1) is 11.3 Å². The molecule has 0 aliphatic rings. The van der Waals surface area contributed by atoms with Gasteiger partial charge in [0, 0.05) is 32.9 Å². The van der Waals surface area contributed by atoms with Crippen LogP contribution in [0.3, 0.4) is 0 Å². The summed E-state index contributed by atoms with van der Waals surface area (Å²) in [5.41, 5.74) is 7.96. The van der Waals surface area contributed by atoms with Crippen molar-refractivity contribution in [1.29, 1.82) is 0 Å². The van der Waals surface area contributed by atoms with E-state index in [1.54, 1.807) is 11.3 Å². The summed E-state index contributed by atoms with van der Waals surface area (Å²) in [6, 6.07) is 18.9. The number of rotatable bonds is 3.